The largest absolute Gasteiger partial charge is 0.497 e. The average Bonchev–Trinajstić information content (AvgIpc) is 2.55. The second-order valence-electron chi connectivity index (χ2n) is 4.46. The Bertz CT molecular complexity index is 720. The van der Waals surface area contributed by atoms with Gasteiger partial charge in [-0.1, -0.05) is 29.8 Å². The topological polar surface area (TPSA) is 59.0 Å². The number of rotatable bonds is 5. The number of benzene rings is 2. The minimum Gasteiger partial charge on any atom is -0.497 e. The first-order valence-corrected chi connectivity index (χ1v) is 7.92. The van der Waals surface area contributed by atoms with Gasteiger partial charge in [-0.3, -0.25) is 0 Å². The van der Waals surface area contributed by atoms with Crippen molar-refractivity contribution in [2.75, 3.05) is 7.11 Å². The molecule has 2 aromatic rings. The Morgan fingerprint density at radius 2 is 1.91 bits per heavy atom. The molecule has 0 radical (unpaired) electrons. The minimum absolute atomic E-state index is 0.458. The third-order valence-corrected chi connectivity index (χ3v) is 4.42. The SMILES string of the molecule is COc1ccc(C(C#N)=C(N)SCc2ccccc2Cl)cc1. The van der Waals surface area contributed by atoms with Crippen molar-refractivity contribution in [1.82, 2.24) is 0 Å². The number of allylic oxidation sites excluding steroid dienone is 1. The van der Waals surface area contributed by atoms with Gasteiger partial charge in [-0.2, -0.15) is 5.26 Å². The molecule has 0 amide bonds. The first-order valence-electron chi connectivity index (χ1n) is 6.56. The number of thioether (sulfide) groups is 1. The van der Waals surface area contributed by atoms with Gasteiger partial charge < -0.3 is 10.5 Å². The quantitative estimate of drug-likeness (QED) is 0.824. The van der Waals surface area contributed by atoms with Crippen molar-refractivity contribution in [2.24, 2.45) is 5.73 Å². The standard InChI is InChI=1S/C17H15ClN2OS/c1-21-14-8-6-12(7-9-14)15(10-19)17(20)22-11-13-4-2-3-5-16(13)18/h2-9H,11,20H2,1H3. The third kappa shape index (κ3) is 3.97. The van der Waals surface area contributed by atoms with E-state index in [9.17, 15) is 5.26 Å². The highest BCUT2D eigenvalue weighted by atomic mass is 35.5. The molecule has 0 spiro atoms. The number of nitriles is 1. The second kappa shape index (κ2) is 7.79. The molecule has 2 aromatic carbocycles. The predicted octanol–water partition coefficient (Wildman–Crippen LogP) is 4.43. The summed E-state index contributed by atoms with van der Waals surface area (Å²) in [4.78, 5) is 0. The van der Waals surface area contributed by atoms with Crippen LogP contribution in [0, 0.1) is 11.3 Å². The zero-order chi connectivity index (χ0) is 15.9. The Labute approximate surface area is 139 Å². The summed E-state index contributed by atoms with van der Waals surface area (Å²) in [6.07, 6.45) is 0. The molecule has 3 nitrogen and oxygen atoms in total. The van der Waals surface area contributed by atoms with Crippen molar-refractivity contribution in [3.05, 3.63) is 69.7 Å². The van der Waals surface area contributed by atoms with Crippen LogP contribution in [0.1, 0.15) is 11.1 Å². The van der Waals surface area contributed by atoms with Crippen LogP contribution in [0.5, 0.6) is 5.75 Å². The van der Waals surface area contributed by atoms with Crippen LogP contribution in [-0.4, -0.2) is 7.11 Å². The van der Waals surface area contributed by atoms with Gasteiger partial charge in [0.25, 0.3) is 0 Å². The number of hydrogen-bond donors (Lipinski definition) is 1. The van der Waals surface area contributed by atoms with Crippen LogP contribution in [0.4, 0.5) is 0 Å². The summed E-state index contributed by atoms with van der Waals surface area (Å²) < 4.78 is 5.11. The molecule has 0 aliphatic heterocycles. The Morgan fingerprint density at radius 3 is 2.50 bits per heavy atom. The Balaban J connectivity index is 2.18. The minimum atomic E-state index is 0.458. The number of nitrogens with zero attached hydrogens (tertiary/aromatic N) is 1. The number of hydrogen-bond acceptors (Lipinski definition) is 4. The van der Waals surface area contributed by atoms with Crippen LogP contribution in [0.2, 0.25) is 5.02 Å². The highest BCUT2D eigenvalue weighted by molar-refractivity contribution is 8.02. The summed E-state index contributed by atoms with van der Waals surface area (Å²) in [7, 11) is 1.60. The zero-order valence-electron chi connectivity index (χ0n) is 12.0. The van der Waals surface area contributed by atoms with E-state index in [0.29, 0.717) is 21.4 Å². The maximum atomic E-state index is 9.37. The summed E-state index contributed by atoms with van der Waals surface area (Å²) in [5, 5.41) is 10.5. The Kier molecular flexibility index (Phi) is 5.76. The maximum absolute atomic E-state index is 9.37. The molecule has 22 heavy (non-hydrogen) atoms. The van der Waals surface area contributed by atoms with E-state index < -0.39 is 0 Å². The molecule has 0 heterocycles. The maximum Gasteiger partial charge on any atom is 0.118 e. The summed E-state index contributed by atoms with van der Waals surface area (Å²) in [5.74, 6) is 1.36. The third-order valence-electron chi connectivity index (χ3n) is 3.08. The molecule has 0 bridgehead atoms. The van der Waals surface area contributed by atoms with Crippen LogP contribution in [0.25, 0.3) is 5.57 Å². The number of methoxy groups -OCH3 is 1. The van der Waals surface area contributed by atoms with E-state index >= 15 is 0 Å². The highest BCUT2D eigenvalue weighted by Crippen LogP contribution is 2.28. The van der Waals surface area contributed by atoms with Crippen molar-refractivity contribution in [1.29, 1.82) is 5.26 Å². The zero-order valence-corrected chi connectivity index (χ0v) is 13.6. The lowest BCUT2D eigenvalue weighted by atomic mass is 10.1. The van der Waals surface area contributed by atoms with Crippen LogP contribution in [0.3, 0.4) is 0 Å². The van der Waals surface area contributed by atoms with Gasteiger partial charge in [-0.15, -0.1) is 11.8 Å². The molecule has 0 unspecified atom stereocenters. The van der Waals surface area contributed by atoms with E-state index in [1.165, 1.54) is 11.8 Å². The predicted molar refractivity (Wildman–Crippen MR) is 92.5 cm³/mol. The molecule has 0 aromatic heterocycles. The van der Waals surface area contributed by atoms with Crippen LogP contribution in [-0.2, 0) is 5.75 Å². The van der Waals surface area contributed by atoms with Crippen LogP contribution in [0.15, 0.2) is 53.6 Å². The molecule has 0 aliphatic carbocycles. The molecule has 2 N–H and O–H groups in total. The number of nitrogens with two attached hydrogens (primary N) is 1. The summed E-state index contributed by atoms with van der Waals surface area (Å²) in [5.41, 5.74) is 8.29. The highest BCUT2D eigenvalue weighted by Gasteiger charge is 2.08. The van der Waals surface area contributed by atoms with Gasteiger partial charge in [-0.25, -0.2) is 0 Å². The van der Waals surface area contributed by atoms with Crippen molar-refractivity contribution >= 4 is 28.9 Å². The molecule has 0 fully saturated rings. The van der Waals surface area contributed by atoms with E-state index in [2.05, 4.69) is 6.07 Å². The first kappa shape index (κ1) is 16.3. The fraction of sp³-hybridized carbons (Fsp3) is 0.118. The van der Waals surface area contributed by atoms with Crippen molar-refractivity contribution in [3.63, 3.8) is 0 Å². The molecule has 2 rings (SSSR count). The van der Waals surface area contributed by atoms with Gasteiger partial charge in [0, 0.05) is 10.8 Å². The van der Waals surface area contributed by atoms with Gasteiger partial charge in [0.1, 0.15) is 11.8 Å². The fourth-order valence-corrected chi connectivity index (χ4v) is 3.02. The van der Waals surface area contributed by atoms with E-state index in [4.69, 9.17) is 22.1 Å². The smallest absolute Gasteiger partial charge is 0.118 e. The molecule has 0 atom stereocenters. The molecule has 112 valence electrons. The van der Waals surface area contributed by atoms with E-state index in [-0.39, 0.29) is 0 Å². The number of halogens is 1. The van der Waals surface area contributed by atoms with Gasteiger partial charge in [0.15, 0.2) is 0 Å². The summed E-state index contributed by atoms with van der Waals surface area (Å²) >= 11 is 7.52. The Hall–Kier alpha value is -2.09. The van der Waals surface area contributed by atoms with Gasteiger partial charge in [0.05, 0.1) is 17.7 Å². The molecular formula is C17H15ClN2OS. The normalized spacial score (nSPS) is 11.5. The summed E-state index contributed by atoms with van der Waals surface area (Å²) in [6.45, 7) is 0. The van der Waals surface area contributed by atoms with E-state index in [1.54, 1.807) is 19.2 Å². The van der Waals surface area contributed by atoms with Crippen molar-refractivity contribution < 1.29 is 4.74 Å². The second-order valence-corrected chi connectivity index (χ2v) is 5.88. The first-order chi connectivity index (χ1) is 10.7. The van der Waals surface area contributed by atoms with Gasteiger partial charge in [-0.05, 0) is 41.5 Å². The summed E-state index contributed by atoms with van der Waals surface area (Å²) in [6, 6.07) is 17.0. The lowest BCUT2D eigenvalue weighted by Crippen LogP contribution is -1.98. The fourth-order valence-electron chi connectivity index (χ4n) is 1.86. The van der Waals surface area contributed by atoms with Crippen LogP contribution < -0.4 is 10.5 Å². The lowest BCUT2D eigenvalue weighted by Gasteiger charge is -2.08. The molecule has 0 aliphatic rings. The molecule has 5 heteroatoms. The molecular weight excluding hydrogens is 316 g/mol. The Morgan fingerprint density at radius 1 is 1.23 bits per heavy atom. The van der Waals surface area contributed by atoms with Crippen molar-refractivity contribution in [2.45, 2.75) is 5.75 Å². The van der Waals surface area contributed by atoms with E-state index in [1.807, 2.05) is 36.4 Å². The number of ether oxygens (including phenoxy) is 1. The lowest BCUT2D eigenvalue weighted by molar-refractivity contribution is 0.415. The van der Waals surface area contributed by atoms with Crippen LogP contribution >= 0.6 is 23.4 Å². The average molecular weight is 331 g/mol. The van der Waals surface area contributed by atoms with Gasteiger partial charge in [0.2, 0.25) is 0 Å². The van der Waals surface area contributed by atoms with Gasteiger partial charge >= 0.3 is 0 Å². The monoisotopic (exact) mass is 330 g/mol. The molecule has 0 saturated carbocycles. The van der Waals surface area contributed by atoms with Crippen molar-refractivity contribution in [3.8, 4) is 11.8 Å². The van der Waals surface area contributed by atoms with E-state index in [0.717, 1.165) is 16.9 Å². The molecule has 0 saturated heterocycles.